The lowest BCUT2D eigenvalue weighted by Crippen LogP contribution is -2.26. The molecule has 0 heterocycles. The summed E-state index contributed by atoms with van der Waals surface area (Å²) in [5.41, 5.74) is 0.896. The molecule has 128 valence electrons. The van der Waals surface area contributed by atoms with Gasteiger partial charge in [-0.15, -0.1) is 11.8 Å². The topological polar surface area (TPSA) is 46.6 Å². The number of sulfonamides is 1. The molecule has 2 aromatic rings. The number of thioether (sulfide) groups is 1. The van der Waals surface area contributed by atoms with Crippen molar-refractivity contribution in [1.29, 1.82) is 0 Å². The van der Waals surface area contributed by atoms with E-state index in [1.165, 1.54) is 4.31 Å². The SMILES string of the molecule is C=CCOc1ccc(CN(C)S(=O)(=O)c2ccc(SC)cc2)cc1. The molecule has 0 unspecified atom stereocenters. The molecule has 0 aliphatic rings. The smallest absolute Gasteiger partial charge is 0.243 e. The van der Waals surface area contributed by atoms with Gasteiger partial charge >= 0.3 is 0 Å². The van der Waals surface area contributed by atoms with Gasteiger partial charge in [0.2, 0.25) is 10.0 Å². The molecular weight excluding hydrogens is 342 g/mol. The second-order valence-electron chi connectivity index (χ2n) is 5.18. The van der Waals surface area contributed by atoms with Crippen LogP contribution in [0.5, 0.6) is 5.75 Å². The monoisotopic (exact) mass is 363 g/mol. The van der Waals surface area contributed by atoms with Crippen LogP contribution in [-0.2, 0) is 16.6 Å². The van der Waals surface area contributed by atoms with Gasteiger partial charge in [0.15, 0.2) is 0 Å². The molecule has 0 N–H and O–H groups in total. The van der Waals surface area contributed by atoms with Crippen LogP contribution in [0.2, 0.25) is 0 Å². The van der Waals surface area contributed by atoms with Crippen molar-refractivity contribution in [3.8, 4) is 5.75 Å². The summed E-state index contributed by atoms with van der Waals surface area (Å²) in [4.78, 5) is 1.33. The Morgan fingerprint density at radius 3 is 2.29 bits per heavy atom. The van der Waals surface area contributed by atoms with E-state index in [2.05, 4.69) is 6.58 Å². The summed E-state index contributed by atoms with van der Waals surface area (Å²) in [5.74, 6) is 0.733. The van der Waals surface area contributed by atoms with E-state index in [4.69, 9.17) is 4.74 Å². The fourth-order valence-corrected chi connectivity index (χ4v) is 3.68. The number of nitrogens with zero attached hydrogens (tertiary/aromatic N) is 1. The van der Waals surface area contributed by atoms with Gasteiger partial charge in [-0.25, -0.2) is 8.42 Å². The molecule has 0 saturated carbocycles. The molecule has 0 saturated heterocycles. The summed E-state index contributed by atoms with van der Waals surface area (Å²) in [5, 5.41) is 0. The van der Waals surface area contributed by atoms with E-state index in [1.54, 1.807) is 37.0 Å². The van der Waals surface area contributed by atoms with Crippen LogP contribution in [0, 0.1) is 0 Å². The first kappa shape index (κ1) is 18.6. The molecule has 0 aliphatic heterocycles. The lowest BCUT2D eigenvalue weighted by molar-refractivity contribution is 0.363. The predicted octanol–water partition coefficient (Wildman–Crippen LogP) is 3.79. The van der Waals surface area contributed by atoms with Crippen LogP contribution in [0.3, 0.4) is 0 Å². The van der Waals surface area contributed by atoms with Gasteiger partial charge in [0.25, 0.3) is 0 Å². The molecule has 0 bridgehead atoms. The summed E-state index contributed by atoms with van der Waals surface area (Å²) in [6.07, 6.45) is 3.63. The summed E-state index contributed by atoms with van der Waals surface area (Å²) in [6, 6.07) is 14.3. The molecule has 0 amide bonds. The fourth-order valence-electron chi connectivity index (χ4n) is 2.12. The third-order valence-electron chi connectivity index (χ3n) is 3.46. The highest BCUT2D eigenvalue weighted by Crippen LogP contribution is 2.21. The fraction of sp³-hybridized carbons (Fsp3) is 0.222. The highest BCUT2D eigenvalue weighted by atomic mass is 32.2. The summed E-state index contributed by atoms with van der Waals surface area (Å²) < 4.78 is 32.0. The van der Waals surface area contributed by atoms with Crippen LogP contribution >= 0.6 is 11.8 Å². The van der Waals surface area contributed by atoms with Gasteiger partial charge in [-0.05, 0) is 48.2 Å². The number of rotatable bonds is 8. The predicted molar refractivity (Wildman–Crippen MR) is 99.0 cm³/mol. The van der Waals surface area contributed by atoms with Crippen LogP contribution in [0.25, 0.3) is 0 Å². The molecule has 4 nitrogen and oxygen atoms in total. The maximum Gasteiger partial charge on any atom is 0.243 e. The third-order valence-corrected chi connectivity index (χ3v) is 6.03. The standard InChI is InChI=1S/C18H21NO3S2/c1-4-13-22-16-7-5-15(6-8-16)14-19(2)24(20,21)18-11-9-17(23-3)10-12-18/h4-12H,1,13-14H2,2-3H3. The number of ether oxygens (including phenoxy) is 1. The van der Waals surface area contributed by atoms with E-state index >= 15 is 0 Å². The van der Waals surface area contributed by atoms with Crippen molar-refractivity contribution in [1.82, 2.24) is 4.31 Å². The number of hydrogen-bond acceptors (Lipinski definition) is 4. The molecule has 2 rings (SSSR count). The summed E-state index contributed by atoms with van der Waals surface area (Å²) in [7, 11) is -1.92. The largest absolute Gasteiger partial charge is 0.490 e. The minimum atomic E-state index is -3.51. The van der Waals surface area contributed by atoms with Crippen molar-refractivity contribution in [2.75, 3.05) is 19.9 Å². The van der Waals surface area contributed by atoms with E-state index in [1.807, 2.05) is 42.7 Å². The maximum absolute atomic E-state index is 12.6. The minimum absolute atomic E-state index is 0.300. The minimum Gasteiger partial charge on any atom is -0.490 e. The van der Waals surface area contributed by atoms with E-state index in [0.717, 1.165) is 16.2 Å². The Kier molecular flexibility index (Phi) is 6.48. The molecular formula is C18H21NO3S2. The van der Waals surface area contributed by atoms with Gasteiger partial charge in [0, 0.05) is 18.5 Å². The lowest BCUT2D eigenvalue weighted by atomic mass is 10.2. The third kappa shape index (κ3) is 4.63. The molecule has 2 aromatic carbocycles. The molecule has 0 aliphatic carbocycles. The average molecular weight is 364 g/mol. The zero-order valence-electron chi connectivity index (χ0n) is 13.8. The van der Waals surface area contributed by atoms with Gasteiger partial charge < -0.3 is 4.74 Å². The highest BCUT2D eigenvalue weighted by molar-refractivity contribution is 7.98. The van der Waals surface area contributed by atoms with Crippen molar-refractivity contribution < 1.29 is 13.2 Å². The van der Waals surface area contributed by atoms with E-state index in [9.17, 15) is 8.42 Å². The Balaban J connectivity index is 2.09. The summed E-state index contributed by atoms with van der Waals surface area (Å²) in [6.45, 7) is 4.34. The van der Waals surface area contributed by atoms with Gasteiger partial charge in [-0.1, -0.05) is 24.8 Å². The normalized spacial score (nSPS) is 11.5. The molecule has 0 spiro atoms. The zero-order valence-corrected chi connectivity index (χ0v) is 15.4. The quantitative estimate of drug-likeness (QED) is 0.529. The van der Waals surface area contributed by atoms with E-state index in [-0.39, 0.29) is 0 Å². The van der Waals surface area contributed by atoms with Crippen molar-refractivity contribution in [3.63, 3.8) is 0 Å². The second-order valence-corrected chi connectivity index (χ2v) is 8.10. The van der Waals surface area contributed by atoms with Crippen LogP contribution < -0.4 is 4.74 Å². The Morgan fingerprint density at radius 1 is 1.12 bits per heavy atom. The Hall–Kier alpha value is -1.76. The van der Waals surface area contributed by atoms with E-state index < -0.39 is 10.0 Å². The summed E-state index contributed by atoms with van der Waals surface area (Å²) >= 11 is 1.58. The van der Waals surface area contributed by atoms with Crippen molar-refractivity contribution in [2.24, 2.45) is 0 Å². The van der Waals surface area contributed by atoms with Crippen molar-refractivity contribution in [2.45, 2.75) is 16.3 Å². The Labute approximate surface area is 148 Å². The van der Waals surface area contributed by atoms with Gasteiger partial charge in [0.05, 0.1) is 4.90 Å². The molecule has 24 heavy (non-hydrogen) atoms. The highest BCUT2D eigenvalue weighted by Gasteiger charge is 2.20. The molecule has 0 fully saturated rings. The Bertz CT molecular complexity index is 769. The van der Waals surface area contributed by atoms with Gasteiger partial charge in [-0.3, -0.25) is 0 Å². The van der Waals surface area contributed by atoms with Crippen molar-refractivity contribution >= 4 is 21.8 Å². The molecule has 0 aromatic heterocycles. The first-order valence-electron chi connectivity index (χ1n) is 7.40. The average Bonchev–Trinajstić information content (AvgIpc) is 2.61. The van der Waals surface area contributed by atoms with Crippen LogP contribution in [0.1, 0.15) is 5.56 Å². The van der Waals surface area contributed by atoms with Crippen LogP contribution in [0.15, 0.2) is 71.0 Å². The molecule has 6 heteroatoms. The Morgan fingerprint density at radius 2 is 1.75 bits per heavy atom. The van der Waals surface area contributed by atoms with Crippen LogP contribution in [0.4, 0.5) is 0 Å². The van der Waals surface area contributed by atoms with Gasteiger partial charge in [0.1, 0.15) is 12.4 Å². The van der Waals surface area contributed by atoms with Crippen LogP contribution in [-0.4, -0.2) is 32.6 Å². The zero-order chi connectivity index (χ0) is 17.6. The van der Waals surface area contributed by atoms with E-state index in [0.29, 0.717) is 18.0 Å². The first-order chi connectivity index (χ1) is 11.5. The number of hydrogen-bond donors (Lipinski definition) is 0. The number of benzene rings is 2. The second kappa shape index (κ2) is 8.37. The van der Waals surface area contributed by atoms with Crippen molar-refractivity contribution in [3.05, 3.63) is 66.7 Å². The van der Waals surface area contributed by atoms with Gasteiger partial charge in [-0.2, -0.15) is 4.31 Å². The molecule has 0 atom stereocenters. The lowest BCUT2D eigenvalue weighted by Gasteiger charge is -2.17. The first-order valence-corrected chi connectivity index (χ1v) is 10.1. The maximum atomic E-state index is 12.6. The molecule has 0 radical (unpaired) electrons.